The summed E-state index contributed by atoms with van der Waals surface area (Å²) < 4.78 is 3.08. The number of nitrogens with one attached hydrogen (secondary N) is 2. The number of aromatic amines is 2. The number of imidazole rings is 1. The molecule has 0 aliphatic carbocycles. The van der Waals surface area contributed by atoms with Crippen LogP contribution in [0.2, 0.25) is 0 Å². The number of fused-ring (bicyclic) bond motifs is 1. The smallest absolute Gasteiger partial charge is 0.318 e. The molecule has 2 aromatic carbocycles. The van der Waals surface area contributed by atoms with Crippen LogP contribution < -0.4 is 11.2 Å². The van der Waals surface area contributed by atoms with Gasteiger partial charge < -0.3 is 4.57 Å². The minimum atomic E-state index is -0.427. The van der Waals surface area contributed by atoms with Gasteiger partial charge >= 0.3 is 5.69 Å². The number of nitrogens with zero attached hydrogens (tertiary/aromatic N) is 6. The van der Waals surface area contributed by atoms with Crippen LogP contribution in [0.1, 0.15) is 24.7 Å². The van der Waals surface area contributed by atoms with Gasteiger partial charge in [-0.3, -0.25) is 14.3 Å². The van der Waals surface area contributed by atoms with Gasteiger partial charge in [0.1, 0.15) is 5.82 Å². The SMILES string of the molecule is CCCn1c(=O)[nH]c2nc(C)n(Cc3ccc(-c4ccccc4-c4nn[nH]n4)cc3)c2c1=O. The molecule has 0 saturated heterocycles. The van der Waals surface area contributed by atoms with Gasteiger partial charge in [-0.05, 0) is 35.2 Å². The maximum absolute atomic E-state index is 13.0. The molecule has 2 N–H and O–H groups in total. The molecule has 5 rings (SSSR count). The van der Waals surface area contributed by atoms with Crippen LogP contribution >= 0.6 is 0 Å². The number of hydrogen-bond donors (Lipinski definition) is 2. The number of benzene rings is 2. The number of aryl methyl sites for hydroxylation is 1. The summed E-state index contributed by atoms with van der Waals surface area (Å²) in [4.78, 5) is 32.4. The van der Waals surface area contributed by atoms with Gasteiger partial charge in [-0.15, -0.1) is 10.2 Å². The second kappa shape index (κ2) is 8.30. The highest BCUT2D eigenvalue weighted by Crippen LogP contribution is 2.29. The van der Waals surface area contributed by atoms with Gasteiger partial charge in [-0.1, -0.05) is 55.5 Å². The van der Waals surface area contributed by atoms with Crippen LogP contribution in [0, 0.1) is 6.92 Å². The first-order valence-electron chi connectivity index (χ1n) is 10.7. The number of aromatic nitrogens is 8. The monoisotopic (exact) mass is 442 g/mol. The van der Waals surface area contributed by atoms with E-state index in [9.17, 15) is 9.59 Å². The molecule has 0 fully saturated rings. The predicted molar refractivity (Wildman–Crippen MR) is 124 cm³/mol. The molecular weight excluding hydrogens is 420 g/mol. The summed E-state index contributed by atoms with van der Waals surface area (Å²) in [5.41, 5.74) is 3.88. The van der Waals surface area contributed by atoms with Crippen LogP contribution in [0.15, 0.2) is 58.1 Å². The molecule has 0 amide bonds. The summed E-state index contributed by atoms with van der Waals surface area (Å²) in [5, 5.41) is 14.3. The standard InChI is InChI=1S/C23H22N8O2/c1-3-12-30-22(32)19-21(25-23(30)33)24-14(2)31(19)13-15-8-10-16(11-9-15)17-6-4-5-7-18(17)20-26-28-29-27-20/h4-11H,3,12-13H2,1-2H3,(H,25,33)(H,26,27,28,29). The van der Waals surface area contributed by atoms with Gasteiger partial charge in [0.2, 0.25) is 5.82 Å². The molecule has 0 radical (unpaired) electrons. The fraction of sp³-hybridized carbons (Fsp3) is 0.217. The first-order chi connectivity index (χ1) is 16.1. The lowest BCUT2D eigenvalue weighted by molar-refractivity contribution is 0.619. The van der Waals surface area contributed by atoms with E-state index in [4.69, 9.17) is 0 Å². The zero-order chi connectivity index (χ0) is 22.9. The lowest BCUT2D eigenvalue weighted by Crippen LogP contribution is -2.35. The van der Waals surface area contributed by atoms with E-state index in [0.717, 1.165) is 22.3 Å². The van der Waals surface area contributed by atoms with Crippen molar-refractivity contribution < 1.29 is 0 Å². The van der Waals surface area contributed by atoms with Crippen molar-refractivity contribution in [2.24, 2.45) is 0 Å². The minimum Gasteiger partial charge on any atom is -0.318 e. The maximum atomic E-state index is 13.0. The van der Waals surface area contributed by atoms with Crippen LogP contribution in [0.4, 0.5) is 0 Å². The van der Waals surface area contributed by atoms with E-state index in [1.54, 1.807) is 0 Å². The van der Waals surface area contributed by atoms with Crippen molar-refractivity contribution in [3.05, 3.63) is 80.8 Å². The molecule has 3 heterocycles. The Kier molecular flexibility index (Phi) is 5.17. The molecule has 10 heteroatoms. The molecule has 0 bridgehead atoms. The maximum Gasteiger partial charge on any atom is 0.330 e. The molecule has 0 atom stereocenters. The lowest BCUT2D eigenvalue weighted by Gasteiger charge is -2.10. The van der Waals surface area contributed by atoms with E-state index >= 15 is 0 Å². The van der Waals surface area contributed by atoms with Crippen molar-refractivity contribution in [3.63, 3.8) is 0 Å². The fourth-order valence-corrected chi connectivity index (χ4v) is 4.06. The Morgan fingerprint density at radius 1 is 0.970 bits per heavy atom. The third-order valence-corrected chi connectivity index (χ3v) is 5.64. The Bertz CT molecular complexity index is 1540. The molecule has 3 aromatic heterocycles. The van der Waals surface area contributed by atoms with Crippen molar-refractivity contribution >= 4 is 11.2 Å². The van der Waals surface area contributed by atoms with Crippen molar-refractivity contribution in [1.29, 1.82) is 0 Å². The molecule has 0 saturated carbocycles. The van der Waals surface area contributed by atoms with E-state index in [-0.39, 0.29) is 5.56 Å². The molecular formula is C23H22N8O2. The highest BCUT2D eigenvalue weighted by Gasteiger charge is 2.16. The predicted octanol–water partition coefficient (Wildman–Crippen LogP) is 2.50. The average Bonchev–Trinajstić information content (AvgIpc) is 3.46. The van der Waals surface area contributed by atoms with Crippen LogP contribution in [0.3, 0.4) is 0 Å². The van der Waals surface area contributed by atoms with E-state index in [0.29, 0.717) is 42.3 Å². The van der Waals surface area contributed by atoms with Crippen LogP contribution in [0.25, 0.3) is 33.7 Å². The largest absolute Gasteiger partial charge is 0.330 e. The van der Waals surface area contributed by atoms with E-state index in [1.165, 1.54) is 4.57 Å². The Labute approximate surface area is 187 Å². The highest BCUT2D eigenvalue weighted by molar-refractivity contribution is 5.80. The molecule has 166 valence electrons. The van der Waals surface area contributed by atoms with E-state index < -0.39 is 5.69 Å². The number of rotatable bonds is 6. The van der Waals surface area contributed by atoms with Gasteiger partial charge in [0.15, 0.2) is 11.2 Å². The average molecular weight is 442 g/mol. The summed E-state index contributed by atoms with van der Waals surface area (Å²) in [6.07, 6.45) is 0.689. The van der Waals surface area contributed by atoms with Crippen LogP contribution in [-0.4, -0.2) is 39.7 Å². The van der Waals surface area contributed by atoms with Crippen molar-refractivity contribution in [1.82, 2.24) is 39.7 Å². The van der Waals surface area contributed by atoms with Gasteiger partial charge in [-0.25, -0.2) is 9.78 Å². The van der Waals surface area contributed by atoms with E-state index in [1.807, 2.05) is 66.9 Å². The van der Waals surface area contributed by atoms with Crippen molar-refractivity contribution in [3.8, 4) is 22.5 Å². The Morgan fingerprint density at radius 3 is 2.42 bits per heavy atom. The van der Waals surface area contributed by atoms with Gasteiger partial charge in [0.05, 0.1) is 0 Å². The summed E-state index contributed by atoms with van der Waals surface area (Å²) in [6, 6.07) is 16.0. The summed E-state index contributed by atoms with van der Waals surface area (Å²) in [6.45, 7) is 4.58. The molecule has 33 heavy (non-hydrogen) atoms. The first kappa shape index (κ1) is 20.6. The molecule has 0 aliphatic rings. The normalized spacial score (nSPS) is 11.3. The second-order valence-electron chi connectivity index (χ2n) is 7.81. The lowest BCUT2D eigenvalue weighted by atomic mass is 9.98. The summed E-state index contributed by atoms with van der Waals surface area (Å²) in [7, 11) is 0. The molecule has 5 aromatic rings. The van der Waals surface area contributed by atoms with Crippen molar-refractivity contribution in [2.45, 2.75) is 33.4 Å². The Hall–Kier alpha value is -4.34. The zero-order valence-corrected chi connectivity index (χ0v) is 18.2. The van der Waals surface area contributed by atoms with Gasteiger partial charge in [0, 0.05) is 18.7 Å². The molecule has 0 spiro atoms. The summed E-state index contributed by atoms with van der Waals surface area (Å²) in [5.74, 6) is 1.20. The first-order valence-corrected chi connectivity index (χ1v) is 10.7. The third kappa shape index (κ3) is 3.65. The Morgan fingerprint density at radius 2 is 1.73 bits per heavy atom. The number of hydrogen-bond acceptors (Lipinski definition) is 6. The van der Waals surface area contributed by atoms with Crippen LogP contribution in [-0.2, 0) is 13.1 Å². The third-order valence-electron chi connectivity index (χ3n) is 5.64. The van der Waals surface area contributed by atoms with Gasteiger partial charge in [0.25, 0.3) is 5.56 Å². The molecule has 0 aliphatic heterocycles. The van der Waals surface area contributed by atoms with Crippen molar-refractivity contribution in [2.75, 3.05) is 0 Å². The van der Waals surface area contributed by atoms with Gasteiger partial charge in [-0.2, -0.15) is 5.21 Å². The summed E-state index contributed by atoms with van der Waals surface area (Å²) >= 11 is 0. The Balaban J connectivity index is 1.51. The second-order valence-corrected chi connectivity index (χ2v) is 7.81. The quantitative estimate of drug-likeness (QED) is 0.416. The molecule has 0 unspecified atom stereocenters. The highest BCUT2D eigenvalue weighted by atomic mass is 16.2. The number of H-pyrrole nitrogens is 2. The van der Waals surface area contributed by atoms with E-state index in [2.05, 4.69) is 30.6 Å². The number of tetrazole rings is 1. The fourth-order valence-electron chi connectivity index (χ4n) is 4.06. The topological polar surface area (TPSA) is 127 Å². The zero-order valence-electron chi connectivity index (χ0n) is 18.2. The molecule has 10 nitrogen and oxygen atoms in total. The minimum absolute atomic E-state index is 0.318. The van der Waals surface area contributed by atoms with Crippen LogP contribution in [0.5, 0.6) is 0 Å².